The van der Waals surface area contributed by atoms with Crippen molar-refractivity contribution in [1.82, 2.24) is 18.9 Å². The highest BCUT2D eigenvalue weighted by Crippen LogP contribution is 2.26. The van der Waals surface area contributed by atoms with Gasteiger partial charge in [0.25, 0.3) is 5.56 Å². The fourth-order valence-corrected chi connectivity index (χ4v) is 5.14. The van der Waals surface area contributed by atoms with Crippen molar-refractivity contribution in [3.63, 3.8) is 0 Å². The van der Waals surface area contributed by atoms with E-state index in [0.29, 0.717) is 5.69 Å². The van der Waals surface area contributed by atoms with Gasteiger partial charge in [-0.05, 0) is 31.2 Å². The Morgan fingerprint density at radius 2 is 1.68 bits per heavy atom. The Kier molecular flexibility index (Phi) is 5.01. The second-order valence-electron chi connectivity index (χ2n) is 6.93. The normalized spacial score (nSPS) is 11.9. The number of hydrogen-bond acceptors (Lipinski definition) is 5. The molecule has 5 aromatic rings. The van der Waals surface area contributed by atoms with E-state index >= 15 is 0 Å². The first-order valence-electron chi connectivity index (χ1n) is 9.70. The Balaban J connectivity index is 1.83. The summed E-state index contributed by atoms with van der Waals surface area (Å²) in [6.45, 7) is 1.96. The molecule has 5 rings (SSSR count). The molecule has 0 radical (unpaired) electrons. The Labute approximate surface area is 186 Å². The first kappa shape index (κ1) is 19.5. The maximum absolute atomic E-state index is 13.7. The lowest BCUT2D eigenvalue weighted by molar-refractivity contribution is 0.630. The fourth-order valence-electron chi connectivity index (χ4n) is 3.53. The Morgan fingerprint density at radius 3 is 2.35 bits per heavy atom. The molecule has 0 fully saturated rings. The lowest BCUT2D eigenvalue weighted by atomic mass is 10.3. The van der Waals surface area contributed by atoms with E-state index in [9.17, 15) is 4.79 Å². The molecule has 3 heterocycles. The summed E-state index contributed by atoms with van der Waals surface area (Å²) in [5.74, 6) is 0. The lowest BCUT2D eigenvalue weighted by Gasteiger charge is -2.07. The number of para-hydroxylation sites is 2. The molecule has 3 aromatic heterocycles. The highest BCUT2D eigenvalue weighted by molar-refractivity contribution is 7.13. The molecular formula is C23H19N5OS2. The Hall–Kier alpha value is -3.49. The van der Waals surface area contributed by atoms with E-state index in [1.165, 1.54) is 11.3 Å². The zero-order valence-corrected chi connectivity index (χ0v) is 18.6. The van der Waals surface area contributed by atoms with Gasteiger partial charge in [-0.3, -0.25) is 14.0 Å². The summed E-state index contributed by atoms with van der Waals surface area (Å²) >= 11 is 3.04. The molecule has 0 N–H and O–H groups in total. The van der Waals surface area contributed by atoms with Crippen molar-refractivity contribution < 1.29 is 0 Å². The zero-order valence-electron chi connectivity index (χ0n) is 17.0. The summed E-state index contributed by atoms with van der Waals surface area (Å²) in [6.07, 6.45) is 1.77. The second-order valence-corrected chi connectivity index (χ2v) is 8.66. The Morgan fingerprint density at radius 1 is 0.968 bits per heavy atom. The number of nitrogens with zero attached hydrogens (tertiary/aromatic N) is 5. The predicted molar refractivity (Wildman–Crippen MR) is 126 cm³/mol. The van der Waals surface area contributed by atoms with Gasteiger partial charge in [0, 0.05) is 24.0 Å². The average molecular weight is 446 g/mol. The van der Waals surface area contributed by atoms with Crippen LogP contribution in [0.4, 0.5) is 5.69 Å². The maximum atomic E-state index is 13.7. The Bertz CT molecular complexity index is 1460. The van der Waals surface area contributed by atoms with Gasteiger partial charge in [0.2, 0.25) is 0 Å². The fraction of sp³-hybridized carbons (Fsp3) is 0.0870. The van der Waals surface area contributed by atoms with Crippen LogP contribution in [-0.2, 0) is 7.05 Å². The van der Waals surface area contributed by atoms with E-state index in [1.807, 2.05) is 94.6 Å². The first-order valence-corrected chi connectivity index (χ1v) is 11.5. The van der Waals surface area contributed by atoms with Crippen LogP contribution in [-0.4, -0.2) is 18.9 Å². The molecule has 6 nitrogen and oxygen atoms in total. The molecule has 0 amide bonds. The number of benzene rings is 2. The third-order valence-electron chi connectivity index (χ3n) is 5.09. The third kappa shape index (κ3) is 3.39. The van der Waals surface area contributed by atoms with E-state index in [2.05, 4.69) is 4.98 Å². The summed E-state index contributed by atoms with van der Waals surface area (Å²) in [4.78, 5) is 23.8. The van der Waals surface area contributed by atoms with Crippen LogP contribution in [0, 0.1) is 6.92 Å². The molecule has 31 heavy (non-hydrogen) atoms. The van der Waals surface area contributed by atoms with Crippen molar-refractivity contribution in [1.29, 1.82) is 0 Å². The summed E-state index contributed by atoms with van der Waals surface area (Å²) < 4.78 is 5.51. The third-order valence-corrected chi connectivity index (χ3v) is 6.71. The monoisotopic (exact) mass is 445 g/mol. The van der Waals surface area contributed by atoms with Crippen LogP contribution in [0.2, 0.25) is 0 Å². The largest absolute Gasteiger partial charge is 0.296 e. The van der Waals surface area contributed by atoms with E-state index in [1.54, 1.807) is 22.2 Å². The van der Waals surface area contributed by atoms with Gasteiger partial charge in [-0.25, -0.2) is 14.7 Å². The van der Waals surface area contributed by atoms with Crippen LogP contribution in [0.5, 0.6) is 0 Å². The molecule has 0 aliphatic carbocycles. The molecule has 0 unspecified atom stereocenters. The lowest BCUT2D eigenvalue weighted by Crippen LogP contribution is -2.24. The molecule has 154 valence electrons. The van der Waals surface area contributed by atoms with Gasteiger partial charge in [-0.1, -0.05) is 36.4 Å². The van der Waals surface area contributed by atoms with Gasteiger partial charge in [-0.2, -0.15) is 0 Å². The molecule has 0 bridgehead atoms. The van der Waals surface area contributed by atoms with Gasteiger partial charge in [0.1, 0.15) is 10.7 Å². The van der Waals surface area contributed by atoms with Crippen molar-refractivity contribution in [2.24, 2.45) is 12.0 Å². The molecular weight excluding hydrogens is 426 g/mol. The summed E-state index contributed by atoms with van der Waals surface area (Å²) in [7, 11) is 1.90. The highest BCUT2D eigenvalue weighted by atomic mass is 32.1. The minimum absolute atomic E-state index is 0.100. The van der Waals surface area contributed by atoms with Gasteiger partial charge in [-0.15, -0.1) is 22.7 Å². The van der Waals surface area contributed by atoms with E-state index in [4.69, 9.17) is 4.99 Å². The van der Waals surface area contributed by atoms with E-state index in [-0.39, 0.29) is 5.56 Å². The van der Waals surface area contributed by atoms with Gasteiger partial charge < -0.3 is 0 Å². The van der Waals surface area contributed by atoms with Crippen LogP contribution in [0.3, 0.4) is 0 Å². The zero-order chi connectivity index (χ0) is 21.4. The maximum Gasteiger partial charge on any atom is 0.296 e. The van der Waals surface area contributed by atoms with Crippen molar-refractivity contribution in [3.05, 3.63) is 98.5 Å². The smallest absolute Gasteiger partial charge is 0.283 e. The number of aromatic nitrogens is 4. The summed E-state index contributed by atoms with van der Waals surface area (Å²) in [5.41, 5.74) is 3.84. The SMILES string of the molecule is Cc1c(-n2c(-c3nccs3)csc2=Nc2ccccc2)c(=O)n(-c2ccccc2)n1C. The van der Waals surface area contributed by atoms with Gasteiger partial charge >= 0.3 is 0 Å². The van der Waals surface area contributed by atoms with Crippen molar-refractivity contribution >= 4 is 28.4 Å². The predicted octanol–water partition coefficient (Wildman–Crippen LogP) is 4.69. The minimum Gasteiger partial charge on any atom is -0.283 e. The average Bonchev–Trinajstić information content (AvgIpc) is 3.50. The second kappa shape index (κ2) is 7.98. The molecule has 0 aliphatic heterocycles. The first-order chi connectivity index (χ1) is 15.1. The summed E-state index contributed by atoms with van der Waals surface area (Å²) in [6, 6.07) is 19.4. The quantitative estimate of drug-likeness (QED) is 0.403. The standard InChI is InChI=1S/C23H19N5OS2/c1-16-20(22(29)28(26(16)2)18-11-7-4-8-12-18)27-19(21-24-13-14-30-21)15-31-23(27)25-17-9-5-3-6-10-17/h3-15H,1-2H3. The van der Waals surface area contributed by atoms with Gasteiger partial charge in [0.05, 0.1) is 22.8 Å². The van der Waals surface area contributed by atoms with Crippen LogP contribution in [0.1, 0.15) is 5.69 Å². The highest BCUT2D eigenvalue weighted by Gasteiger charge is 2.22. The molecule has 2 aromatic carbocycles. The van der Waals surface area contributed by atoms with Crippen LogP contribution >= 0.6 is 22.7 Å². The molecule has 8 heteroatoms. The summed E-state index contributed by atoms with van der Waals surface area (Å²) in [5, 5.41) is 4.80. The van der Waals surface area contributed by atoms with Crippen molar-refractivity contribution in [2.75, 3.05) is 0 Å². The minimum atomic E-state index is -0.100. The number of thiazole rings is 2. The van der Waals surface area contributed by atoms with Crippen LogP contribution < -0.4 is 10.4 Å². The van der Waals surface area contributed by atoms with Crippen molar-refractivity contribution in [3.8, 4) is 22.1 Å². The van der Waals surface area contributed by atoms with Crippen LogP contribution in [0.15, 0.2) is 87.4 Å². The number of rotatable bonds is 4. The van der Waals surface area contributed by atoms with Gasteiger partial charge in [0.15, 0.2) is 4.80 Å². The molecule has 0 aliphatic rings. The molecule has 0 saturated heterocycles. The molecule has 0 saturated carbocycles. The number of hydrogen-bond donors (Lipinski definition) is 0. The van der Waals surface area contributed by atoms with E-state index in [0.717, 1.165) is 32.6 Å². The van der Waals surface area contributed by atoms with Crippen LogP contribution in [0.25, 0.3) is 22.1 Å². The molecule has 0 spiro atoms. The van der Waals surface area contributed by atoms with Crippen molar-refractivity contribution in [2.45, 2.75) is 6.92 Å². The molecule has 0 atom stereocenters. The topological polar surface area (TPSA) is 57.1 Å². The van der Waals surface area contributed by atoms with E-state index < -0.39 is 0 Å².